The summed E-state index contributed by atoms with van der Waals surface area (Å²) in [5.41, 5.74) is 6.30. The molecule has 0 spiro atoms. The van der Waals surface area contributed by atoms with E-state index in [1.165, 1.54) is 6.20 Å². The zero-order chi connectivity index (χ0) is 9.31. The number of nitrogens with zero attached hydrogens (tertiary/aromatic N) is 1. The number of rotatable bonds is 1. The molecule has 1 saturated carbocycles. The van der Waals surface area contributed by atoms with Crippen molar-refractivity contribution in [2.45, 2.75) is 31.2 Å². The Labute approximate surface area is 77.0 Å². The van der Waals surface area contributed by atoms with Crippen LogP contribution in [-0.4, -0.2) is 4.98 Å². The Morgan fingerprint density at radius 1 is 1.38 bits per heavy atom. The lowest BCUT2D eigenvalue weighted by molar-refractivity contribution is 0.431. The SMILES string of the molecule is NC1(c2ccncc2F)CCCC1. The standard InChI is InChI=1S/C10H13FN2/c11-9-7-13-6-3-8(9)10(12)4-1-2-5-10/h3,6-7H,1-2,4-5,12H2. The Morgan fingerprint density at radius 3 is 2.69 bits per heavy atom. The van der Waals surface area contributed by atoms with Gasteiger partial charge < -0.3 is 5.73 Å². The molecule has 70 valence electrons. The van der Waals surface area contributed by atoms with Crippen molar-refractivity contribution in [3.8, 4) is 0 Å². The minimum Gasteiger partial charge on any atom is -0.321 e. The predicted molar refractivity (Wildman–Crippen MR) is 48.5 cm³/mol. The van der Waals surface area contributed by atoms with Gasteiger partial charge in [-0.15, -0.1) is 0 Å². The highest BCUT2D eigenvalue weighted by Crippen LogP contribution is 2.36. The van der Waals surface area contributed by atoms with Crippen molar-refractivity contribution in [2.24, 2.45) is 5.73 Å². The number of nitrogens with two attached hydrogens (primary N) is 1. The summed E-state index contributed by atoms with van der Waals surface area (Å²) < 4.78 is 13.3. The number of pyridine rings is 1. The molecular formula is C10H13FN2. The van der Waals surface area contributed by atoms with Gasteiger partial charge in [0, 0.05) is 17.3 Å². The molecule has 2 nitrogen and oxygen atoms in total. The fourth-order valence-electron chi connectivity index (χ4n) is 2.05. The monoisotopic (exact) mass is 180 g/mol. The quantitative estimate of drug-likeness (QED) is 0.717. The Bertz CT molecular complexity index is 306. The molecule has 1 aliphatic rings. The van der Waals surface area contributed by atoms with E-state index >= 15 is 0 Å². The van der Waals surface area contributed by atoms with Crippen molar-refractivity contribution < 1.29 is 4.39 Å². The summed E-state index contributed by atoms with van der Waals surface area (Å²) in [6.07, 6.45) is 6.80. The van der Waals surface area contributed by atoms with Crippen LogP contribution in [0.3, 0.4) is 0 Å². The first-order valence-electron chi connectivity index (χ1n) is 4.61. The maximum absolute atomic E-state index is 13.3. The van der Waals surface area contributed by atoms with Gasteiger partial charge in [-0.2, -0.15) is 0 Å². The van der Waals surface area contributed by atoms with Gasteiger partial charge in [-0.05, 0) is 18.9 Å². The first-order valence-corrected chi connectivity index (χ1v) is 4.61. The molecular weight excluding hydrogens is 167 g/mol. The smallest absolute Gasteiger partial charge is 0.146 e. The van der Waals surface area contributed by atoms with Gasteiger partial charge in [0.1, 0.15) is 5.82 Å². The highest BCUT2D eigenvalue weighted by Gasteiger charge is 2.33. The normalized spacial score (nSPS) is 20.5. The van der Waals surface area contributed by atoms with E-state index in [0.29, 0.717) is 5.56 Å². The molecule has 2 N–H and O–H groups in total. The van der Waals surface area contributed by atoms with Crippen LogP contribution in [0.5, 0.6) is 0 Å². The zero-order valence-electron chi connectivity index (χ0n) is 7.46. The van der Waals surface area contributed by atoms with Crippen molar-refractivity contribution >= 4 is 0 Å². The van der Waals surface area contributed by atoms with E-state index in [2.05, 4.69) is 4.98 Å². The molecule has 0 saturated heterocycles. The molecule has 0 radical (unpaired) electrons. The highest BCUT2D eigenvalue weighted by atomic mass is 19.1. The van der Waals surface area contributed by atoms with Gasteiger partial charge in [0.05, 0.1) is 6.20 Å². The van der Waals surface area contributed by atoms with E-state index in [-0.39, 0.29) is 5.82 Å². The summed E-state index contributed by atoms with van der Waals surface area (Å²) in [5, 5.41) is 0. The molecule has 0 aromatic carbocycles. The largest absolute Gasteiger partial charge is 0.321 e. The third kappa shape index (κ3) is 1.44. The van der Waals surface area contributed by atoms with Crippen molar-refractivity contribution in [3.05, 3.63) is 29.8 Å². The second kappa shape index (κ2) is 3.07. The third-order valence-corrected chi connectivity index (χ3v) is 2.80. The summed E-state index contributed by atoms with van der Waals surface area (Å²) in [6, 6.07) is 1.70. The maximum Gasteiger partial charge on any atom is 0.146 e. The first-order chi connectivity index (χ1) is 6.22. The number of halogens is 1. The van der Waals surface area contributed by atoms with E-state index in [0.717, 1.165) is 25.7 Å². The van der Waals surface area contributed by atoms with Crippen LogP contribution in [-0.2, 0) is 5.54 Å². The molecule has 1 aliphatic carbocycles. The van der Waals surface area contributed by atoms with E-state index in [4.69, 9.17) is 5.73 Å². The summed E-state index contributed by atoms with van der Waals surface area (Å²) >= 11 is 0. The van der Waals surface area contributed by atoms with Crippen LogP contribution in [0.2, 0.25) is 0 Å². The molecule has 1 aromatic rings. The molecule has 1 fully saturated rings. The Balaban J connectivity index is 2.39. The van der Waals surface area contributed by atoms with Gasteiger partial charge >= 0.3 is 0 Å². The lowest BCUT2D eigenvalue weighted by Gasteiger charge is -2.24. The molecule has 2 rings (SSSR count). The van der Waals surface area contributed by atoms with Gasteiger partial charge in [0.2, 0.25) is 0 Å². The number of hydrogen-bond donors (Lipinski definition) is 1. The predicted octanol–water partition coefficient (Wildman–Crippen LogP) is 1.95. The van der Waals surface area contributed by atoms with Crippen LogP contribution >= 0.6 is 0 Å². The fraction of sp³-hybridized carbons (Fsp3) is 0.500. The van der Waals surface area contributed by atoms with Crippen LogP contribution < -0.4 is 5.73 Å². The lowest BCUT2D eigenvalue weighted by atomic mass is 9.90. The van der Waals surface area contributed by atoms with E-state index in [1.807, 2.05) is 0 Å². The molecule has 3 heteroatoms. The van der Waals surface area contributed by atoms with Crippen LogP contribution in [0.4, 0.5) is 4.39 Å². The molecule has 0 aliphatic heterocycles. The van der Waals surface area contributed by atoms with Crippen molar-refractivity contribution in [3.63, 3.8) is 0 Å². The average molecular weight is 180 g/mol. The van der Waals surface area contributed by atoms with Crippen LogP contribution in [0.1, 0.15) is 31.2 Å². The fourth-order valence-corrected chi connectivity index (χ4v) is 2.05. The maximum atomic E-state index is 13.3. The topological polar surface area (TPSA) is 38.9 Å². The van der Waals surface area contributed by atoms with Crippen molar-refractivity contribution in [2.75, 3.05) is 0 Å². The van der Waals surface area contributed by atoms with E-state index in [1.54, 1.807) is 12.3 Å². The number of aromatic nitrogens is 1. The molecule has 1 aromatic heterocycles. The second-order valence-corrected chi connectivity index (χ2v) is 3.72. The van der Waals surface area contributed by atoms with E-state index < -0.39 is 5.54 Å². The average Bonchev–Trinajstić information content (AvgIpc) is 2.54. The van der Waals surface area contributed by atoms with Crippen LogP contribution in [0.25, 0.3) is 0 Å². The Morgan fingerprint density at radius 2 is 2.08 bits per heavy atom. The highest BCUT2D eigenvalue weighted by molar-refractivity contribution is 5.24. The summed E-state index contributed by atoms with van der Waals surface area (Å²) in [7, 11) is 0. The molecule has 0 unspecified atom stereocenters. The summed E-state index contributed by atoms with van der Waals surface area (Å²) in [6.45, 7) is 0. The molecule has 0 bridgehead atoms. The minimum absolute atomic E-state index is 0.271. The molecule has 13 heavy (non-hydrogen) atoms. The lowest BCUT2D eigenvalue weighted by Crippen LogP contribution is -2.34. The van der Waals surface area contributed by atoms with Crippen LogP contribution in [0.15, 0.2) is 18.5 Å². The molecule has 1 heterocycles. The summed E-state index contributed by atoms with van der Waals surface area (Å²) in [4.78, 5) is 3.72. The minimum atomic E-state index is -0.437. The third-order valence-electron chi connectivity index (χ3n) is 2.80. The van der Waals surface area contributed by atoms with Crippen molar-refractivity contribution in [1.29, 1.82) is 0 Å². The molecule has 0 amide bonds. The molecule has 0 atom stereocenters. The van der Waals surface area contributed by atoms with Gasteiger partial charge in [-0.3, -0.25) is 4.98 Å². The summed E-state index contributed by atoms with van der Waals surface area (Å²) in [5.74, 6) is -0.271. The Hall–Kier alpha value is -0.960. The van der Waals surface area contributed by atoms with Gasteiger partial charge in [-0.25, -0.2) is 4.39 Å². The van der Waals surface area contributed by atoms with Gasteiger partial charge in [0.15, 0.2) is 0 Å². The van der Waals surface area contributed by atoms with Crippen molar-refractivity contribution in [1.82, 2.24) is 4.98 Å². The Kier molecular flexibility index (Phi) is 2.04. The second-order valence-electron chi connectivity index (χ2n) is 3.72. The van der Waals surface area contributed by atoms with E-state index in [9.17, 15) is 4.39 Å². The van der Waals surface area contributed by atoms with Gasteiger partial charge in [0.25, 0.3) is 0 Å². The zero-order valence-corrected chi connectivity index (χ0v) is 7.46. The first kappa shape index (κ1) is 8.63. The van der Waals surface area contributed by atoms with Gasteiger partial charge in [-0.1, -0.05) is 12.8 Å². The number of hydrogen-bond acceptors (Lipinski definition) is 2. The van der Waals surface area contributed by atoms with Crippen LogP contribution in [0, 0.1) is 5.82 Å².